The summed E-state index contributed by atoms with van der Waals surface area (Å²) in [4.78, 5) is 82.0. The molecule has 6 fully saturated rings. The van der Waals surface area contributed by atoms with Crippen molar-refractivity contribution in [1.29, 1.82) is 0 Å². The number of ketones is 2. The lowest BCUT2D eigenvalue weighted by molar-refractivity contribution is -0.302. The van der Waals surface area contributed by atoms with Crippen molar-refractivity contribution in [2.45, 2.75) is 204 Å². The first kappa shape index (κ1) is 67.1. The minimum absolute atomic E-state index is 0.0225. The van der Waals surface area contributed by atoms with Crippen LogP contribution in [0, 0.1) is 41.4 Å². The van der Waals surface area contributed by atoms with E-state index in [0.29, 0.717) is 86.7 Å². The number of aliphatic hydroxyl groups is 3. The predicted molar refractivity (Wildman–Crippen MR) is 316 cm³/mol. The quantitative estimate of drug-likeness (QED) is 0.0921. The second-order valence-corrected chi connectivity index (χ2v) is 26.7. The van der Waals surface area contributed by atoms with Gasteiger partial charge in [-0.25, -0.2) is 9.78 Å². The molecule has 2 amide bonds. The van der Waals surface area contributed by atoms with Gasteiger partial charge in [-0.3, -0.25) is 28.8 Å². The molecule has 7 heterocycles. The zero-order valence-electron chi connectivity index (χ0n) is 52.5. The summed E-state index contributed by atoms with van der Waals surface area (Å²) >= 11 is 0. The van der Waals surface area contributed by atoms with E-state index in [1.54, 1.807) is 27.9 Å². The number of likely N-dealkylation sites (tertiary alicyclic amines) is 2. The Morgan fingerprint density at radius 1 is 0.909 bits per heavy atom. The molecule has 2 bridgehead atoms. The molecule has 4 saturated heterocycles. The Balaban J connectivity index is 0.912. The zero-order chi connectivity index (χ0) is 63.8. The number of allylic oxidation sites excluding steroid dienone is 3. The fourth-order valence-corrected chi connectivity index (χ4v) is 14.9. The van der Waals surface area contributed by atoms with Gasteiger partial charge in [0.15, 0.2) is 11.6 Å². The number of nitrogens with two attached hydrogens (primary N) is 1. The Hall–Kier alpha value is -5.34. The summed E-state index contributed by atoms with van der Waals surface area (Å²) in [6, 6.07) is 2.02. The first-order valence-electron chi connectivity index (χ1n) is 31.5. The topological polar surface area (TPSA) is 268 Å². The van der Waals surface area contributed by atoms with Crippen LogP contribution in [0.1, 0.15) is 143 Å². The van der Waals surface area contributed by atoms with Gasteiger partial charge in [-0.05, 0) is 133 Å². The molecule has 2 aromatic heterocycles. The Morgan fingerprint density at radius 2 is 1.59 bits per heavy atom. The molecule has 2 aliphatic carbocycles. The maximum Gasteiger partial charge on any atom is 0.573 e. The van der Waals surface area contributed by atoms with Gasteiger partial charge in [0.2, 0.25) is 11.7 Å². The lowest BCUT2D eigenvalue weighted by Crippen LogP contribution is -2.64. The summed E-state index contributed by atoms with van der Waals surface area (Å²) in [5, 5.41) is 39.9. The molecule has 88 heavy (non-hydrogen) atoms. The summed E-state index contributed by atoms with van der Waals surface area (Å²) in [6.07, 6.45) is -1.91. The number of esters is 1. The van der Waals surface area contributed by atoms with Crippen LogP contribution in [-0.4, -0.2) is 195 Å². The van der Waals surface area contributed by atoms with Crippen LogP contribution in [0.15, 0.2) is 41.6 Å². The third-order valence-electron chi connectivity index (χ3n) is 20.1. The minimum Gasteiger partial charge on any atom is -0.456 e. The number of carbonyl (C=O) groups is 5. The number of aromatic nitrogens is 3. The SMILES string of the molecule is CO[C@H]1C[C@@H](C)C/C(C)=C/[C@@H](CCC(=O)N2CC(N3C[C@@H]4C(c5cc(-c6cnc(N)c(OC(F)(F)F)c6)nn5C(C)C)[C@@H]4C3)C2)C(=O)C[C@H](O)[C@@H](C)[C@@H](/C(C)=C/[C@@H]2CC[C@@H](O)[C@H](OC)C2)OC(=O)[C@@H]2CCCCN2C(=O)C(=O)[C@]2(O)O[C@H]1[C@@H](OC)C[C@H]2C. The van der Waals surface area contributed by atoms with Crippen LogP contribution in [0.25, 0.3) is 11.3 Å². The Kier molecular flexibility index (Phi) is 21.1. The molecule has 17 atom stereocenters. The van der Waals surface area contributed by atoms with E-state index < -0.39 is 102 Å². The smallest absolute Gasteiger partial charge is 0.456 e. The number of amides is 2. The van der Waals surface area contributed by atoms with Crippen LogP contribution >= 0.6 is 0 Å². The molecule has 2 aromatic rings. The number of halogens is 3. The number of alkyl halides is 3. The van der Waals surface area contributed by atoms with Crippen molar-refractivity contribution in [3.05, 3.63) is 47.3 Å². The van der Waals surface area contributed by atoms with Gasteiger partial charge < -0.3 is 59.3 Å². The molecule has 0 radical (unpaired) electrons. The summed E-state index contributed by atoms with van der Waals surface area (Å²) in [5.41, 5.74) is 8.97. The molecule has 9 rings (SSSR count). The van der Waals surface area contributed by atoms with E-state index in [9.17, 15) is 52.5 Å². The summed E-state index contributed by atoms with van der Waals surface area (Å²) in [5.74, 6) is -8.95. The fourth-order valence-electron chi connectivity index (χ4n) is 14.9. The minimum atomic E-state index is -4.94. The maximum atomic E-state index is 14.8. The number of cyclic esters (lactones) is 1. The van der Waals surface area contributed by atoms with Crippen molar-refractivity contribution < 1.29 is 80.9 Å². The number of nitrogens with zero attached hydrogens (tertiary/aromatic N) is 6. The molecule has 0 spiro atoms. The number of Topliss-reactive ketones (excluding diaryl/α,β-unsaturated/α-hetero) is 2. The van der Waals surface area contributed by atoms with Crippen LogP contribution in [0.2, 0.25) is 0 Å². The monoisotopic (exact) mass is 1240 g/mol. The van der Waals surface area contributed by atoms with Crippen molar-refractivity contribution in [2.24, 2.45) is 41.4 Å². The van der Waals surface area contributed by atoms with Gasteiger partial charge in [0.05, 0.1) is 36.2 Å². The van der Waals surface area contributed by atoms with Crippen molar-refractivity contribution in [3.8, 4) is 17.0 Å². The molecular formula is C64H92F3N7O14. The molecule has 1 unspecified atom stereocenters. The predicted octanol–water partition coefficient (Wildman–Crippen LogP) is 6.72. The van der Waals surface area contributed by atoms with Crippen LogP contribution in [0.4, 0.5) is 19.0 Å². The number of hydrogen-bond acceptors (Lipinski definition) is 18. The van der Waals surface area contributed by atoms with E-state index in [4.69, 9.17) is 34.5 Å². The number of piperidine rings is 2. The highest BCUT2D eigenvalue weighted by Crippen LogP contribution is 2.59. The molecule has 21 nitrogen and oxygen atoms in total. The normalized spacial score (nSPS) is 36.0. The number of aliphatic hydroxyl groups excluding tert-OH is 2. The van der Waals surface area contributed by atoms with Gasteiger partial charge in [0.25, 0.3) is 11.7 Å². The van der Waals surface area contributed by atoms with E-state index in [1.165, 1.54) is 26.5 Å². The number of carbonyl (C=O) groups excluding carboxylic acids is 5. The molecule has 5 aliphatic heterocycles. The van der Waals surface area contributed by atoms with Crippen LogP contribution in [-0.2, 0) is 47.7 Å². The highest BCUT2D eigenvalue weighted by atomic mass is 19.4. The van der Waals surface area contributed by atoms with E-state index in [2.05, 4.69) is 14.6 Å². The Morgan fingerprint density at radius 3 is 2.25 bits per heavy atom. The lowest BCUT2D eigenvalue weighted by Gasteiger charge is -2.47. The third-order valence-corrected chi connectivity index (χ3v) is 20.1. The number of fused-ring (bicyclic) bond motifs is 4. The zero-order valence-corrected chi connectivity index (χ0v) is 52.5. The van der Waals surface area contributed by atoms with Crippen LogP contribution in [0.5, 0.6) is 5.75 Å². The summed E-state index contributed by atoms with van der Waals surface area (Å²) in [6.45, 7) is 15.7. The van der Waals surface area contributed by atoms with Gasteiger partial charge in [-0.2, -0.15) is 5.10 Å². The number of rotatable bonds is 13. The maximum absolute atomic E-state index is 14.8. The van der Waals surface area contributed by atoms with Gasteiger partial charge in [-0.1, -0.05) is 38.5 Å². The first-order chi connectivity index (χ1) is 41.6. The van der Waals surface area contributed by atoms with Crippen molar-refractivity contribution >= 4 is 35.2 Å². The summed E-state index contributed by atoms with van der Waals surface area (Å²) < 4.78 is 75.8. The number of nitrogen functional groups attached to an aromatic ring is 1. The average molecular weight is 1240 g/mol. The van der Waals surface area contributed by atoms with Gasteiger partial charge in [0.1, 0.15) is 24.0 Å². The van der Waals surface area contributed by atoms with Gasteiger partial charge >= 0.3 is 12.3 Å². The second kappa shape index (κ2) is 27.6. The Labute approximate surface area is 513 Å². The fraction of sp³-hybridized carbons (Fsp3) is 0.734. The number of ether oxygens (including phenoxy) is 6. The average Bonchev–Trinajstić information content (AvgIpc) is 1.54. The van der Waals surface area contributed by atoms with Crippen molar-refractivity contribution in [2.75, 3.05) is 59.8 Å². The van der Waals surface area contributed by atoms with E-state index in [0.717, 1.165) is 29.3 Å². The first-order valence-corrected chi connectivity index (χ1v) is 31.5. The number of hydrogen-bond donors (Lipinski definition) is 4. The number of pyridine rings is 1. The standard InChI is InChI=1S/C64H92F3N7O14/c1-33(2)74-47(26-45(70-74)41-25-54(60(68)69-28-41)87-64(65,66)67)56-43-31-71(32-44(43)56)42-29-72(30-42)55(78)17-15-40-20-34(3)19-35(4)21-52(84-9)58-53(85-10)23-37(6)63(82,88-58)59(79)61(80)73-18-12-11-13-46(73)62(81)86-57(38(7)49(76)27-50(40)77)36(5)22-39-14-16-48(75)51(24-39)83-8/h20,22,25-26,28,33,35,37-40,42-44,46,48-49,51-53,56-58,75-76,82H,11-19,21,23-24,27,29-32H2,1-10H3,(H2,68,69)/b34-20+,36-22+/t35-,37+,38+,39-,40+,43-,44+,46-,48+,49-,51+,52-,53-,56?,57+,58+,63+/m0/s1. The van der Waals surface area contributed by atoms with Gasteiger partial charge in [-0.15, -0.1) is 13.2 Å². The highest BCUT2D eigenvalue weighted by molar-refractivity contribution is 6.39. The molecule has 7 aliphatic rings. The second-order valence-electron chi connectivity index (χ2n) is 26.7. The molecule has 2 saturated carbocycles. The van der Waals surface area contributed by atoms with E-state index >= 15 is 0 Å². The lowest BCUT2D eigenvalue weighted by atomic mass is 9.81. The molecule has 488 valence electrons. The molecule has 24 heteroatoms. The number of anilines is 1. The molecule has 5 N–H and O–H groups in total. The van der Waals surface area contributed by atoms with Gasteiger partial charge in [0, 0.05) is 120 Å². The van der Waals surface area contributed by atoms with E-state index in [1.807, 2.05) is 55.5 Å². The number of methoxy groups -OCH3 is 3. The van der Waals surface area contributed by atoms with Crippen LogP contribution in [0.3, 0.4) is 0 Å². The Bertz CT molecular complexity index is 2900. The van der Waals surface area contributed by atoms with Crippen LogP contribution < -0.4 is 10.5 Å². The summed E-state index contributed by atoms with van der Waals surface area (Å²) in [7, 11) is 4.55. The van der Waals surface area contributed by atoms with Crippen molar-refractivity contribution in [1.82, 2.24) is 29.5 Å². The highest BCUT2D eigenvalue weighted by Gasteiger charge is 2.60. The molecular weight excluding hydrogens is 1150 g/mol. The molecule has 0 aromatic carbocycles. The van der Waals surface area contributed by atoms with Crippen molar-refractivity contribution in [3.63, 3.8) is 0 Å². The largest absolute Gasteiger partial charge is 0.573 e. The third kappa shape index (κ3) is 14.7. The van der Waals surface area contributed by atoms with E-state index in [-0.39, 0.29) is 86.0 Å².